The molecular weight excluding hydrogens is 604 g/mol. The van der Waals surface area contributed by atoms with Crippen LogP contribution in [-0.2, 0) is 16.0 Å². The molecule has 1 heterocycles. The molecule has 2 unspecified atom stereocenters. The van der Waals surface area contributed by atoms with Gasteiger partial charge in [0.15, 0.2) is 0 Å². The number of hydrogen-bond acceptors (Lipinski definition) is 8. The standard InChI is InChI=1S/C36H32N2O7S/c1-24-20-27(14-17-31(24)45-36(42,43)44)18-19-37-33(40)22-32-34(41)38(30-9-5-8-28(21-30)23-39)35(46-32)29-15-12-26(13-16-29)11-10-25-6-3-2-4-7-25/h2-9,12-17,20-21,23,32,35,42-44H,18-19,22H2,1H3,(H,37,40). The number of amides is 2. The van der Waals surface area contributed by atoms with E-state index >= 15 is 0 Å². The van der Waals surface area contributed by atoms with Crippen LogP contribution in [0.2, 0.25) is 0 Å². The summed E-state index contributed by atoms with van der Waals surface area (Å²) in [4.78, 5) is 39.9. The summed E-state index contributed by atoms with van der Waals surface area (Å²) in [7, 11) is 0. The molecule has 2 atom stereocenters. The van der Waals surface area contributed by atoms with Crippen molar-refractivity contribution in [2.24, 2.45) is 0 Å². The van der Waals surface area contributed by atoms with Crippen LogP contribution in [0.15, 0.2) is 97.1 Å². The number of hydrogen-bond donors (Lipinski definition) is 4. The van der Waals surface area contributed by atoms with Crippen molar-refractivity contribution in [3.63, 3.8) is 0 Å². The highest BCUT2D eigenvalue weighted by molar-refractivity contribution is 8.01. The van der Waals surface area contributed by atoms with E-state index in [1.54, 1.807) is 48.2 Å². The van der Waals surface area contributed by atoms with Gasteiger partial charge in [-0.1, -0.05) is 66.4 Å². The highest BCUT2D eigenvalue weighted by Crippen LogP contribution is 2.46. The lowest BCUT2D eigenvalue weighted by atomic mass is 10.1. The summed E-state index contributed by atoms with van der Waals surface area (Å²) in [6.45, 7) is 2.00. The van der Waals surface area contributed by atoms with Gasteiger partial charge in [-0.25, -0.2) is 0 Å². The number of thioether (sulfide) groups is 1. The molecular formula is C36H32N2O7S. The van der Waals surface area contributed by atoms with Gasteiger partial charge in [0.2, 0.25) is 11.8 Å². The number of benzene rings is 4. The fraction of sp³-hybridized carbons (Fsp3) is 0.194. The van der Waals surface area contributed by atoms with E-state index in [-0.39, 0.29) is 24.0 Å². The fourth-order valence-corrected chi connectivity index (χ4v) is 6.48. The van der Waals surface area contributed by atoms with Crippen LogP contribution in [0.5, 0.6) is 5.75 Å². The van der Waals surface area contributed by atoms with Crippen molar-refractivity contribution in [2.45, 2.75) is 36.5 Å². The molecule has 4 aromatic rings. The summed E-state index contributed by atoms with van der Waals surface area (Å²) < 4.78 is 4.68. The summed E-state index contributed by atoms with van der Waals surface area (Å²) in [5.74, 6) is 5.91. The molecule has 46 heavy (non-hydrogen) atoms. The Hall–Kier alpha value is -4.92. The minimum atomic E-state index is -3.28. The third kappa shape index (κ3) is 8.41. The molecule has 9 nitrogen and oxygen atoms in total. The number of nitrogens with one attached hydrogen (secondary N) is 1. The van der Waals surface area contributed by atoms with Crippen molar-refractivity contribution in [1.29, 1.82) is 0 Å². The second-order valence-electron chi connectivity index (χ2n) is 10.7. The number of aryl methyl sites for hydroxylation is 1. The van der Waals surface area contributed by atoms with Crippen molar-refractivity contribution < 1.29 is 34.4 Å². The van der Waals surface area contributed by atoms with Gasteiger partial charge in [-0.3, -0.25) is 19.3 Å². The highest BCUT2D eigenvalue weighted by atomic mass is 32.2. The first kappa shape index (κ1) is 32.5. The van der Waals surface area contributed by atoms with Crippen LogP contribution >= 0.6 is 11.8 Å². The van der Waals surface area contributed by atoms with Crippen molar-refractivity contribution >= 4 is 35.5 Å². The molecule has 4 N–H and O–H groups in total. The predicted octanol–water partition coefficient (Wildman–Crippen LogP) is 4.07. The monoisotopic (exact) mass is 636 g/mol. The van der Waals surface area contributed by atoms with Gasteiger partial charge in [-0.2, -0.15) is 0 Å². The zero-order valence-corrected chi connectivity index (χ0v) is 25.7. The van der Waals surface area contributed by atoms with Crippen LogP contribution in [0.3, 0.4) is 0 Å². The average molecular weight is 637 g/mol. The fourth-order valence-electron chi connectivity index (χ4n) is 5.03. The molecule has 1 saturated heterocycles. The van der Waals surface area contributed by atoms with E-state index in [9.17, 15) is 14.4 Å². The van der Waals surface area contributed by atoms with Crippen LogP contribution < -0.4 is 15.0 Å². The Morgan fingerprint density at radius 2 is 1.67 bits per heavy atom. The molecule has 0 saturated carbocycles. The van der Waals surface area contributed by atoms with Gasteiger partial charge in [0.05, 0.1) is 5.25 Å². The molecule has 5 rings (SSSR count). The Balaban J connectivity index is 1.26. The minimum absolute atomic E-state index is 0.0259. The number of anilines is 1. The largest absolute Gasteiger partial charge is 0.453 e. The lowest BCUT2D eigenvalue weighted by Gasteiger charge is -2.24. The third-order valence-corrected chi connectivity index (χ3v) is 8.68. The number of aliphatic hydroxyl groups is 3. The van der Waals surface area contributed by atoms with Gasteiger partial charge in [0, 0.05) is 35.3 Å². The summed E-state index contributed by atoms with van der Waals surface area (Å²) in [6.07, 6.45) is -2.09. The first-order chi connectivity index (χ1) is 22.1. The Bertz CT molecular complexity index is 1780. The second kappa shape index (κ2) is 14.5. The summed E-state index contributed by atoms with van der Waals surface area (Å²) in [5, 5.41) is 29.0. The second-order valence-corrected chi connectivity index (χ2v) is 12.0. The van der Waals surface area contributed by atoms with Gasteiger partial charge >= 0.3 is 6.16 Å². The van der Waals surface area contributed by atoms with E-state index in [1.165, 1.54) is 17.8 Å². The third-order valence-electron chi connectivity index (χ3n) is 7.24. The molecule has 4 aromatic carbocycles. The zero-order valence-electron chi connectivity index (χ0n) is 24.9. The predicted molar refractivity (Wildman–Crippen MR) is 175 cm³/mol. The van der Waals surface area contributed by atoms with E-state index in [2.05, 4.69) is 21.9 Å². The number of carbonyl (C=O) groups excluding carboxylic acids is 3. The van der Waals surface area contributed by atoms with E-state index < -0.39 is 16.8 Å². The average Bonchev–Trinajstić information content (AvgIpc) is 3.36. The van der Waals surface area contributed by atoms with Gasteiger partial charge < -0.3 is 25.4 Å². The van der Waals surface area contributed by atoms with Crippen LogP contribution in [0.4, 0.5) is 5.69 Å². The maximum absolute atomic E-state index is 13.8. The molecule has 0 aromatic heterocycles. The molecule has 234 valence electrons. The molecule has 0 aliphatic carbocycles. The maximum Gasteiger partial charge on any atom is 0.453 e. The van der Waals surface area contributed by atoms with E-state index in [0.29, 0.717) is 29.8 Å². The Kier molecular flexibility index (Phi) is 10.2. The smallest absolute Gasteiger partial charge is 0.417 e. The van der Waals surface area contributed by atoms with E-state index in [0.717, 1.165) is 28.5 Å². The molecule has 0 radical (unpaired) electrons. The van der Waals surface area contributed by atoms with Gasteiger partial charge in [-0.15, -0.1) is 11.8 Å². The van der Waals surface area contributed by atoms with Crippen molar-refractivity contribution in [3.05, 3.63) is 130 Å². The Labute approximate surface area is 270 Å². The van der Waals surface area contributed by atoms with Crippen LogP contribution in [0, 0.1) is 18.8 Å². The van der Waals surface area contributed by atoms with Gasteiger partial charge in [0.1, 0.15) is 17.4 Å². The first-order valence-electron chi connectivity index (χ1n) is 14.5. The quantitative estimate of drug-likeness (QED) is 0.116. The van der Waals surface area contributed by atoms with E-state index in [4.69, 9.17) is 15.3 Å². The molecule has 0 bridgehead atoms. The number of rotatable bonds is 10. The molecule has 1 aliphatic rings. The lowest BCUT2D eigenvalue weighted by Crippen LogP contribution is -2.35. The first-order valence-corrected chi connectivity index (χ1v) is 15.5. The van der Waals surface area contributed by atoms with Crippen molar-refractivity contribution in [1.82, 2.24) is 5.32 Å². The van der Waals surface area contributed by atoms with Crippen LogP contribution in [0.1, 0.15) is 50.0 Å². The van der Waals surface area contributed by atoms with Gasteiger partial charge in [-0.05, 0) is 72.5 Å². The summed E-state index contributed by atoms with van der Waals surface area (Å²) in [6, 6.07) is 29.1. The molecule has 0 spiro atoms. The number of ether oxygens (including phenoxy) is 1. The zero-order chi connectivity index (χ0) is 32.7. The van der Waals surface area contributed by atoms with Crippen molar-refractivity contribution in [3.8, 4) is 17.6 Å². The number of carbonyl (C=O) groups is 3. The normalized spacial score (nSPS) is 16.0. The summed E-state index contributed by atoms with van der Waals surface area (Å²) >= 11 is 1.39. The molecule has 2 amide bonds. The van der Waals surface area contributed by atoms with Crippen LogP contribution in [-0.4, -0.2) is 51.4 Å². The van der Waals surface area contributed by atoms with Crippen LogP contribution in [0.25, 0.3) is 0 Å². The number of aldehydes is 1. The number of nitrogens with zero attached hydrogens (tertiary/aromatic N) is 1. The lowest BCUT2D eigenvalue weighted by molar-refractivity contribution is -0.419. The molecule has 1 aliphatic heterocycles. The topological polar surface area (TPSA) is 136 Å². The van der Waals surface area contributed by atoms with Crippen molar-refractivity contribution in [2.75, 3.05) is 11.4 Å². The van der Waals surface area contributed by atoms with Gasteiger partial charge in [0.25, 0.3) is 0 Å². The summed E-state index contributed by atoms with van der Waals surface area (Å²) in [5.41, 5.74) is 5.05. The Morgan fingerprint density at radius 1 is 0.957 bits per heavy atom. The minimum Gasteiger partial charge on any atom is -0.417 e. The highest BCUT2D eigenvalue weighted by Gasteiger charge is 2.42. The maximum atomic E-state index is 13.8. The SMILES string of the molecule is Cc1cc(CCNC(=O)CC2SC(c3ccc(C#Cc4ccccc4)cc3)N(c3cccc(C=O)c3)C2=O)ccc1OC(O)(O)O. The Morgan fingerprint density at radius 3 is 2.35 bits per heavy atom. The molecule has 10 heteroatoms. The van der Waals surface area contributed by atoms with E-state index in [1.807, 2.05) is 54.6 Å². The molecule has 1 fully saturated rings.